The predicted octanol–water partition coefficient (Wildman–Crippen LogP) is 2.26. The van der Waals surface area contributed by atoms with Crippen LogP contribution in [0.15, 0.2) is 53.7 Å². The van der Waals surface area contributed by atoms with E-state index in [4.69, 9.17) is 4.74 Å². The Balaban J connectivity index is 1.55. The number of aromatic nitrogens is 1. The molecule has 1 amide bonds. The normalized spacial score (nSPS) is 16.2. The highest BCUT2D eigenvalue weighted by Gasteiger charge is 2.34. The fourth-order valence-electron chi connectivity index (χ4n) is 3.44. The van der Waals surface area contributed by atoms with E-state index < -0.39 is 33.9 Å². The van der Waals surface area contributed by atoms with Crippen molar-refractivity contribution >= 4 is 33.4 Å². The number of sulfonamides is 1. The Labute approximate surface area is 186 Å². The summed E-state index contributed by atoms with van der Waals surface area (Å²) >= 11 is 0. The van der Waals surface area contributed by atoms with Crippen LogP contribution < -0.4 is 5.32 Å². The number of esters is 1. The van der Waals surface area contributed by atoms with E-state index in [2.05, 4.69) is 10.3 Å². The average Bonchev–Trinajstić information content (AvgIpc) is 2.79. The molecule has 0 bridgehead atoms. The average molecular weight is 460 g/mol. The summed E-state index contributed by atoms with van der Waals surface area (Å²) in [6.07, 6.45) is 2.30. The molecule has 10 heteroatoms. The van der Waals surface area contributed by atoms with Crippen LogP contribution in [0, 0.1) is 5.92 Å². The minimum absolute atomic E-state index is 0.108. The van der Waals surface area contributed by atoms with Gasteiger partial charge in [0.2, 0.25) is 10.0 Å². The predicted molar refractivity (Wildman–Crippen MR) is 116 cm³/mol. The third kappa shape index (κ3) is 5.38. The molecule has 1 saturated heterocycles. The zero-order valence-corrected chi connectivity index (χ0v) is 18.7. The number of carbonyl (C=O) groups is 3. The van der Waals surface area contributed by atoms with Gasteiger partial charge in [0.25, 0.3) is 5.91 Å². The maximum Gasteiger partial charge on any atom is 0.309 e. The van der Waals surface area contributed by atoms with E-state index in [9.17, 15) is 22.8 Å². The van der Waals surface area contributed by atoms with Crippen molar-refractivity contribution in [3.05, 3.63) is 54.4 Å². The monoisotopic (exact) mass is 459 g/mol. The molecule has 1 aromatic heterocycles. The zero-order valence-electron chi connectivity index (χ0n) is 17.9. The van der Waals surface area contributed by atoms with E-state index in [1.54, 1.807) is 30.3 Å². The zero-order chi connectivity index (χ0) is 23.3. The van der Waals surface area contributed by atoms with Crippen molar-refractivity contribution in [1.82, 2.24) is 9.29 Å². The van der Waals surface area contributed by atoms with Crippen molar-refractivity contribution in [2.24, 2.45) is 5.92 Å². The molecular formula is C22H25N3O6S. The van der Waals surface area contributed by atoms with Crippen molar-refractivity contribution in [3.63, 3.8) is 0 Å². The van der Waals surface area contributed by atoms with Crippen LogP contribution in [0.3, 0.4) is 0 Å². The summed E-state index contributed by atoms with van der Waals surface area (Å²) in [5.74, 6) is -1.80. The molecule has 0 spiro atoms. The summed E-state index contributed by atoms with van der Waals surface area (Å²) in [6.45, 7) is 3.19. The van der Waals surface area contributed by atoms with Crippen molar-refractivity contribution in [2.75, 3.05) is 18.4 Å². The van der Waals surface area contributed by atoms with Gasteiger partial charge < -0.3 is 10.1 Å². The number of para-hydroxylation sites is 1. The number of ether oxygens (including phenoxy) is 1. The van der Waals surface area contributed by atoms with Gasteiger partial charge in [0, 0.05) is 31.0 Å². The quantitative estimate of drug-likeness (QED) is 0.498. The number of Topliss-reactive ketones (excluding diaryl/α,β-unsaturated/α-hetero) is 1. The Hall–Kier alpha value is -3.11. The first-order valence-corrected chi connectivity index (χ1v) is 11.7. The van der Waals surface area contributed by atoms with Gasteiger partial charge >= 0.3 is 5.97 Å². The van der Waals surface area contributed by atoms with Crippen LogP contribution in [0.2, 0.25) is 0 Å². The molecular weight excluding hydrogens is 434 g/mol. The van der Waals surface area contributed by atoms with Gasteiger partial charge in [0.05, 0.1) is 11.6 Å². The maximum atomic E-state index is 12.7. The van der Waals surface area contributed by atoms with Gasteiger partial charge in [0.15, 0.2) is 11.9 Å². The molecule has 32 heavy (non-hydrogen) atoms. The van der Waals surface area contributed by atoms with Crippen molar-refractivity contribution in [2.45, 2.75) is 37.7 Å². The molecule has 3 rings (SSSR count). The number of rotatable bonds is 7. The Morgan fingerprint density at radius 1 is 1.12 bits per heavy atom. The van der Waals surface area contributed by atoms with Crippen LogP contribution in [-0.4, -0.2) is 54.6 Å². The lowest BCUT2D eigenvalue weighted by atomic mass is 9.98. The Bertz CT molecular complexity index is 1100. The fraction of sp³-hybridized carbons (Fsp3) is 0.364. The van der Waals surface area contributed by atoms with Crippen LogP contribution in [0.4, 0.5) is 5.69 Å². The molecule has 0 radical (unpaired) electrons. The van der Waals surface area contributed by atoms with Crippen LogP contribution in [0.5, 0.6) is 0 Å². The molecule has 1 N–H and O–H groups in total. The third-order valence-corrected chi connectivity index (χ3v) is 7.17. The Morgan fingerprint density at radius 3 is 2.44 bits per heavy atom. The molecule has 9 nitrogen and oxygen atoms in total. The van der Waals surface area contributed by atoms with Crippen molar-refractivity contribution in [3.8, 4) is 0 Å². The van der Waals surface area contributed by atoms with Gasteiger partial charge in [-0.1, -0.05) is 12.1 Å². The first-order valence-electron chi connectivity index (χ1n) is 10.2. The SMILES string of the molecule is CC(=O)c1ccccc1NC(=O)C(C)OC(=O)C1CCN(S(=O)(=O)c2cccnc2)CC1. The number of piperidine rings is 1. The minimum Gasteiger partial charge on any atom is -0.452 e. The Kier molecular flexibility index (Phi) is 7.37. The molecule has 1 aliphatic rings. The second-order valence-corrected chi connectivity index (χ2v) is 9.48. The van der Waals surface area contributed by atoms with E-state index >= 15 is 0 Å². The van der Waals surface area contributed by atoms with Gasteiger partial charge in [-0.25, -0.2) is 8.42 Å². The van der Waals surface area contributed by atoms with E-state index in [0.717, 1.165) is 0 Å². The summed E-state index contributed by atoms with van der Waals surface area (Å²) < 4.78 is 32.0. The Morgan fingerprint density at radius 2 is 1.81 bits per heavy atom. The summed E-state index contributed by atoms with van der Waals surface area (Å²) in [5.41, 5.74) is 0.711. The van der Waals surface area contributed by atoms with Gasteiger partial charge in [-0.15, -0.1) is 0 Å². The summed E-state index contributed by atoms with van der Waals surface area (Å²) in [5, 5.41) is 2.61. The second kappa shape index (κ2) is 10.0. The molecule has 1 aliphatic heterocycles. The molecule has 1 aromatic carbocycles. The summed E-state index contributed by atoms with van der Waals surface area (Å²) in [6, 6.07) is 9.61. The van der Waals surface area contributed by atoms with Crippen LogP contribution >= 0.6 is 0 Å². The number of nitrogens with zero attached hydrogens (tertiary/aromatic N) is 2. The third-order valence-electron chi connectivity index (χ3n) is 5.29. The van der Waals surface area contributed by atoms with E-state index in [1.165, 1.54) is 36.6 Å². The molecule has 0 aliphatic carbocycles. The minimum atomic E-state index is -3.67. The summed E-state index contributed by atoms with van der Waals surface area (Å²) in [7, 11) is -3.67. The van der Waals surface area contributed by atoms with Crippen LogP contribution in [0.25, 0.3) is 0 Å². The topological polar surface area (TPSA) is 123 Å². The van der Waals surface area contributed by atoms with Gasteiger partial charge in [-0.3, -0.25) is 19.4 Å². The standard InChI is InChI=1S/C22H25N3O6S/c1-15(26)19-7-3-4-8-20(19)24-21(27)16(2)31-22(28)17-9-12-25(13-10-17)32(29,30)18-6-5-11-23-14-18/h3-8,11,14,16-17H,9-10,12-13H2,1-2H3,(H,24,27). The van der Waals surface area contributed by atoms with Gasteiger partial charge in [-0.2, -0.15) is 4.31 Å². The first-order chi connectivity index (χ1) is 15.2. The van der Waals surface area contributed by atoms with E-state index in [0.29, 0.717) is 24.1 Å². The number of hydrogen-bond acceptors (Lipinski definition) is 7. The number of pyridine rings is 1. The van der Waals surface area contributed by atoms with Crippen molar-refractivity contribution in [1.29, 1.82) is 0 Å². The number of carbonyl (C=O) groups excluding carboxylic acids is 3. The lowest BCUT2D eigenvalue weighted by Crippen LogP contribution is -2.41. The molecule has 2 aromatic rings. The highest BCUT2D eigenvalue weighted by atomic mass is 32.2. The lowest BCUT2D eigenvalue weighted by Gasteiger charge is -2.30. The number of amides is 1. The highest BCUT2D eigenvalue weighted by molar-refractivity contribution is 7.89. The largest absolute Gasteiger partial charge is 0.452 e. The number of benzene rings is 1. The van der Waals surface area contributed by atoms with Crippen molar-refractivity contribution < 1.29 is 27.5 Å². The molecule has 1 atom stereocenters. The van der Waals surface area contributed by atoms with Gasteiger partial charge in [-0.05, 0) is 51.0 Å². The highest BCUT2D eigenvalue weighted by Crippen LogP contribution is 2.25. The number of anilines is 1. The van der Waals surface area contributed by atoms with Gasteiger partial charge in [0.1, 0.15) is 4.90 Å². The molecule has 1 unspecified atom stereocenters. The molecule has 170 valence electrons. The maximum absolute atomic E-state index is 12.7. The first kappa shape index (κ1) is 23.6. The van der Waals surface area contributed by atoms with Crippen LogP contribution in [0.1, 0.15) is 37.0 Å². The van der Waals surface area contributed by atoms with E-state index in [1.807, 2.05) is 0 Å². The number of ketones is 1. The summed E-state index contributed by atoms with van der Waals surface area (Å²) in [4.78, 5) is 40.6. The molecule has 1 fully saturated rings. The van der Waals surface area contributed by atoms with Crippen LogP contribution in [-0.2, 0) is 24.3 Å². The van der Waals surface area contributed by atoms with E-state index in [-0.39, 0.29) is 23.8 Å². The fourth-order valence-corrected chi connectivity index (χ4v) is 4.87. The number of nitrogens with one attached hydrogen (secondary N) is 1. The second-order valence-electron chi connectivity index (χ2n) is 7.54. The molecule has 2 heterocycles. The smallest absolute Gasteiger partial charge is 0.309 e. The lowest BCUT2D eigenvalue weighted by molar-refractivity contribution is -0.158. The molecule has 0 saturated carbocycles. The number of hydrogen-bond donors (Lipinski definition) is 1.